The molecule has 9 heteroatoms. The molecule has 2 fully saturated rings. The molecule has 0 aliphatic carbocycles. The minimum absolute atomic E-state index is 0.128. The SMILES string of the molecule is O=C1OCCC=C[C@H]2O[C@]34C=CCN(c5ccc(Cl)cc5)C(=O)C3N(CCCO)C(=O)[C@@H]4[C@@H]12. The van der Waals surface area contributed by atoms with E-state index >= 15 is 0 Å². The summed E-state index contributed by atoms with van der Waals surface area (Å²) >= 11 is 6.03. The van der Waals surface area contributed by atoms with Gasteiger partial charge in [0, 0.05) is 30.4 Å². The molecule has 1 spiro atoms. The molecule has 4 heterocycles. The van der Waals surface area contributed by atoms with Crippen molar-refractivity contribution in [2.24, 2.45) is 11.8 Å². The number of aliphatic hydroxyl groups excluding tert-OH is 1. The zero-order valence-electron chi connectivity index (χ0n) is 17.9. The van der Waals surface area contributed by atoms with Crippen molar-refractivity contribution in [3.8, 4) is 0 Å². The lowest BCUT2D eigenvalue weighted by molar-refractivity contribution is -0.154. The average Bonchev–Trinajstić information content (AvgIpc) is 3.17. The normalized spacial score (nSPS) is 33.2. The van der Waals surface area contributed by atoms with Gasteiger partial charge in [-0.05, 0) is 37.1 Å². The van der Waals surface area contributed by atoms with Crippen LogP contribution in [0, 0.1) is 11.8 Å². The lowest BCUT2D eigenvalue weighted by atomic mass is 9.77. The summed E-state index contributed by atoms with van der Waals surface area (Å²) in [6.07, 6.45) is 7.49. The van der Waals surface area contributed by atoms with E-state index in [9.17, 15) is 19.5 Å². The van der Waals surface area contributed by atoms with Gasteiger partial charge in [0.1, 0.15) is 17.6 Å². The van der Waals surface area contributed by atoms with Crippen LogP contribution in [-0.4, -0.2) is 71.8 Å². The summed E-state index contributed by atoms with van der Waals surface area (Å²) < 4.78 is 11.8. The first-order chi connectivity index (χ1) is 16.0. The fraction of sp³-hybridized carbons (Fsp3) is 0.458. The molecule has 0 radical (unpaired) electrons. The fourth-order valence-electron chi connectivity index (χ4n) is 5.44. The number of ether oxygens (including phenoxy) is 2. The highest BCUT2D eigenvalue weighted by Crippen LogP contribution is 2.53. The molecule has 4 aliphatic heterocycles. The lowest BCUT2D eigenvalue weighted by Crippen LogP contribution is -2.55. The van der Waals surface area contributed by atoms with Crippen LogP contribution in [0.3, 0.4) is 0 Å². The Balaban J connectivity index is 1.60. The maximum Gasteiger partial charge on any atom is 0.312 e. The molecule has 8 nitrogen and oxygen atoms in total. The van der Waals surface area contributed by atoms with Crippen molar-refractivity contribution < 1.29 is 29.0 Å². The van der Waals surface area contributed by atoms with Crippen LogP contribution in [0.25, 0.3) is 0 Å². The van der Waals surface area contributed by atoms with Crippen molar-refractivity contribution in [2.75, 3.05) is 31.2 Å². The predicted octanol–water partition coefficient (Wildman–Crippen LogP) is 1.71. The molecular weight excluding hydrogens is 448 g/mol. The zero-order chi connectivity index (χ0) is 23.2. The summed E-state index contributed by atoms with van der Waals surface area (Å²) in [5.41, 5.74) is -0.652. The Bertz CT molecular complexity index is 1020. The van der Waals surface area contributed by atoms with Crippen molar-refractivity contribution in [2.45, 2.75) is 30.6 Å². The lowest BCUT2D eigenvalue weighted by Gasteiger charge is -2.35. The molecule has 174 valence electrons. The van der Waals surface area contributed by atoms with Crippen LogP contribution in [0.15, 0.2) is 48.6 Å². The molecule has 33 heavy (non-hydrogen) atoms. The Kier molecular flexibility index (Phi) is 5.76. The summed E-state index contributed by atoms with van der Waals surface area (Å²) in [6.45, 7) is 0.574. The first kappa shape index (κ1) is 22.1. The summed E-state index contributed by atoms with van der Waals surface area (Å²) in [5.74, 6) is -2.84. The Labute approximate surface area is 196 Å². The molecule has 2 amide bonds. The molecule has 0 bridgehead atoms. The van der Waals surface area contributed by atoms with E-state index in [0.717, 1.165) is 0 Å². The second kappa shape index (κ2) is 8.59. The Hall–Kier alpha value is -2.68. The quantitative estimate of drug-likeness (QED) is 0.529. The first-order valence-corrected chi connectivity index (χ1v) is 11.5. The third kappa shape index (κ3) is 3.48. The number of benzene rings is 1. The van der Waals surface area contributed by atoms with E-state index in [1.165, 1.54) is 4.90 Å². The van der Waals surface area contributed by atoms with Gasteiger partial charge in [0.15, 0.2) is 0 Å². The minimum Gasteiger partial charge on any atom is -0.465 e. The molecule has 2 saturated heterocycles. The Morgan fingerprint density at radius 3 is 2.67 bits per heavy atom. The van der Waals surface area contributed by atoms with E-state index in [1.807, 2.05) is 12.2 Å². The highest BCUT2D eigenvalue weighted by molar-refractivity contribution is 6.30. The number of aliphatic hydroxyl groups is 1. The molecule has 0 aromatic heterocycles. The van der Waals surface area contributed by atoms with Crippen molar-refractivity contribution in [3.63, 3.8) is 0 Å². The number of likely N-dealkylation sites (tertiary alicyclic amines) is 1. The van der Waals surface area contributed by atoms with Crippen LogP contribution >= 0.6 is 11.6 Å². The number of rotatable bonds is 4. The number of hydrogen-bond acceptors (Lipinski definition) is 6. The predicted molar refractivity (Wildman–Crippen MR) is 119 cm³/mol. The summed E-state index contributed by atoms with van der Waals surface area (Å²) in [7, 11) is 0. The van der Waals surface area contributed by atoms with Crippen molar-refractivity contribution in [1.82, 2.24) is 4.90 Å². The molecule has 1 N–H and O–H groups in total. The van der Waals surface area contributed by atoms with E-state index in [2.05, 4.69) is 0 Å². The van der Waals surface area contributed by atoms with E-state index < -0.39 is 35.6 Å². The van der Waals surface area contributed by atoms with Gasteiger partial charge in [-0.1, -0.05) is 35.9 Å². The maximum atomic E-state index is 14.0. The molecule has 5 rings (SSSR count). The van der Waals surface area contributed by atoms with E-state index in [1.54, 1.807) is 41.3 Å². The third-order valence-corrected chi connectivity index (χ3v) is 7.07. The maximum absolute atomic E-state index is 14.0. The van der Waals surface area contributed by atoms with Crippen molar-refractivity contribution in [3.05, 3.63) is 53.6 Å². The van der Waals surface area contributed by atoms with Gasteiger partial charge >= 0.3 is 5.97 Å². The second-order valence-electron chi connectivity index (χ2n) is 8.66. The van der Waals surface area contributed by atoms with Gasteiger partial charge in [-0.3, -0.25) is 14.4 Å². The summed E-state index contributed by atoms with van der Waals surface area (Å²) in [4.78, 5) is 43.7. The topological polar surface area (TPSA) is 96.4 Å². The monoisotopic (exact) mass is 472 g/mol. The highest BCUT2D eigenvalue weighted by atomic mass is 35.5. The van der Waals surface area contributed by atoms with Gasteiger partial charge in [-0.15, -0.1) is 0 Å². The fourth-order valence-corrected chi connectivity index (χ4v) is 5.57. The van der Waals surface area contributed by atoms with Crippen LogP contribution in [-0.2, 0) is 23.9 Å². The van der Waals surface area contributed by atoms with E-state index in [-0.39, 0.29) is 38.1 Å². The van der Waals surface area contributed by atoms with E-state index in [4.69, 9.17) is 21.1 Å². The number of amides is 2. The van der Waals surface area contributed by atoms with E-state index in [0.29, 0.717) is 23.6 Å². The van der Waals surface area contributed by atoms with Gasteiger partial charge in [0.05, 0.1) is 18.6 Å². The number of cyclic esters (lactones) is 1. The largest absolute Gasteiger partial charge is 0.465 e. The molecule has 5 atom stereocenters. The number of fused-ring (bicyclic) bond motifs is 2. The van der Waals surface area contributed by atoms with Crippen LogP contribution in [0.4, 0.5) is 5.69 Å². The number of anilines is 1. The molecule has 4 aliphatic rings. The van der Waals surface area contributed by atoms with Crippen LogP contribution in [0.2, 0.25) is 5.02 Å². The number of carbonyl (C=O) groups is 3. The summed E-state index contributed by atoms with van der Waals surface area (Å²) in [6, 6.07) is 5.94. The molecular formula is C24H25ClN2O6. The zero-order valence-corrected chi connectivity index (χ0v) is 18.7. The van der Waals surface area contributed by atoms with Gasteiger partial charge in [-0.25, -0.2) is 0 Å². The Morgan fingerprint density at radius 1 is 1.12 bits per heavy atom. The number of nitrogens with zero attached hydrogens (tertiary/aromatic N) is 2. The van der Waals surface area contributed by atoms with Gasteiger partial charge in [0.2, 0.25) is 5.91 Å². The number of halogens is 1. The summed E-state index contributed by atoms with van der Waals surface area (Å²) in [5, 5.41) is 9.96. The van der Waals surface area contributed by atoms with Crippen LogP contribution < -0.4 is 4.90 Å². The van der Waals surface area contributed by atoms with Gasteiger partial charge < -0.3 is 24.4 Å². The van der Waals surface area contributed by atoms with Gasteiger partial charge in [0.25, 0.3) is 5.91 Å². The van der Waals surface area contributed by atoms with Crippen molar-refractivity contribution in [1.29, 1.82) is 0 Å². The van der Waals surface area contributed by atoms with Crippen molar-refractivity contribution >= 4 is 35.1 Å². The molecule has 0 saturated carbocycles. The molecule has 1 aromatic carbocycles. The smallest absolute Gasteiger partial charge is 0.312 e. The van der Waals surface area contributed by atoms with Gasteiger partial charge in [-0.2, -0.15) is 0 Å². The third-order valence-electron chi connectivity index (χ3n) is 6.82. The Morgan fingerprint density at radius 2 is 1.91 bits per heavy atom. The average molecular weight is 473 g/mol. The minimum atomic E-state index is -1.30. The number of hydrogen-bond donors (Lipinski definition) is 1. The number of esters is 1. The second-order valence-corrected chi connectivity index (χ2v) is 9.10. The molecule has 1 unspecified atom stereocenters. The molecule has 1 aromatic rings. The van der Waals surface area contributed by atoms with Crippen LogP contribution in [0.5, 0.6) is 0 Å². The standard InChI is InChI=1S/C24H25ClN2O6/c25-15-6-8-16(9-7-15)26-11-3-10-24-19(18-17(33-24)5-1-2-14-32-23(18)31)21(29)27(12-4-13-28)20(24)22(26)30/h1,3,5-10,17-20,28H,2,4,11-14H2/t17-,18+,19+,20?,24+/m1/s1. The number of carbonyl (C=O) groups excluding carboxylic acids is 3. The highest BCUT2D eigenvalue weighted by Gasteiger charge is 2.71. The first-order valence-electron chi connectivity index (χ1n) is 11.1. The van der Waals surface area contributed by atoms with Crippen LogP contribution in [0.1, 0.15) is 12.8 Å².